The molecule has 13 heteroatoms. The van der Waals surface area contributed by atoms with Crippen molar-refractivity contribution in [1.29, 1.82) is 0 Å². The van der Waals surface area contributed by atoms with Crippen molar-refractivity contribution in [2.45, 2.75) is 270 Å². The topological polar surface area (TPSA) is 180 Å². The number of hydrogen-bond acceptors (Lipinski definition) is 12. The Hall–Kier alpha value is -3.45. The van der Waals surface area contributed by atoms with Gasteiger partial charge in [0.15, 0.2) is 18.1 Å². The molecular weight excluding hydrogens is 908 g/mol. The van der Waals surface area contributed by atoms with Crippen LogP contribution in [0.5, 0.6) is 0 Å². The second kappa shape index (κ2) is 28.9. The zero-order valence-corrected chi connectivity index (χ0v) is 44.8. The summed E-state index contributed by atoms with van der Waals surface area (Å²) in [4.78, 5) is 78.9. The van der Waals surface area contributed by atoms with E-state index in [-0.39, 0.29) is 55.8 Å². The molecule has 71 heavy (non-hydrogen) atoms. The fourth-order valence-corrected chi connectivity index (χ4v) is 12.8. The van der Waals surface area contributed by atoms with Crippen LogP contribution in [-0.4, -0.2) is 87.9 Å². The molecule has 0 aromatic carbocycles. The molecule has 4 aliphatic carbocycles. The molecule has 0 amide bonds. The largest absolute Gasteiger partial charge is 0.462 e. The van der Waals surface area contributed by atoms with Crippen molar-refractivity contribution in [3.05, 3.63) is 23.8 Å². The van der Waals surface area contributed by atoms with Crippen molar-refractivity contribution in [2.24, 2.45) is 28.6 Å². The monoisotopic (exact) mass is 1000 g/mol. The molecule has 0 bridgehead atoms. The number of carbonyl (C=O) groups excluding carboxylic acids is 6. The minimum absolute atomic E-state index is 0.0711. The van der Waals surface area contributed by atoms with Gasteiger partial charge in [0, 0.05) is 48.9 Å². The molecule has 0 aromatic heterocycles. The first kappa shape index (κ1) is 60.1. The number of esters is 4. The molecule has 0 aliphatic heterocycles. The van der Waals surface area contributed by atoms with Gasteiger partial charge in [-0.1, -0.05) is 130 Å². The van der Waals surface area contributed by atoms with Gasteiger partial charge in [0.2, 0.25) is 5.78 Å². The van der Waals surface area contributed by atoms with Gasteiger partial charge >= 0.3 is 23.9 Å². The van der Waals surface area contributed by atoms with Crippen LogP contribution in [-0.2, 0) is 47.7 Å². The van der Waals surface area contributed by atoms with E-state index < -0.39 is 82.6 Å². The number of Topliss-reactive ketones (excluding diaryl/α,β-unsaturated/α-hetero) is 1. The van der Waals surface area contributed by atoms with Crippen LogP contribution in [0.4, 0.5) is 4.39 Å². The third-order valence-electron chi connectivity index (χ3n) is 17.0. The zero-order chi connectivity index (χ0) is 52.2. The number of alkyl halides is 1. The summed E-state index contributed by atoms with van der Waals surface area (Å²) >= 11 is 0. The summed E-state index contributed by atoms with van der Waals surface area (Å²) in [6.07, 6.45) is 19.4. The minimum atomic E-state index is -2.09. The maximum Gasteiger partial charge on any atom is 0.306 e. The maximum atomic E-state index is 17.6. The number of aliphatic hydroxyl groups excluding tert-OH is 1. The lowest BCUT2D eigenvalue weighted by Crippen LogP contribution is -2.69. The van der Waals surface area contributed by atoms with Gasteiger partial charge in [-0.15, -0.1) is 0 Å². The van der Waals surface area contributed by atoms with Crippen LogP contribution in [0.3, 0.4) is 0 Å². The van der Waals surface area contributed by atoms with E-state index in [0.29, 0.717) is 76.2 Å². The molecule has 404 valence electrons. The van der Waals surface area contributed by atoms with Gasteiger partial charge in [0.1, 0.15) is 23.9 Å². The number of ether oxygens (including phenoxy) is 4. The number of hydrogen-bond donors (Lipinski definition) is 2. The Kier molecular flexibility index (Phi) is 24.4. The summed E-state index contributed by atoms with van der Waals surface area (Å²) < 4.78 is 41.5. The maximum absolute atomic E-state index is 17.6. The second-order valence-electron chi connectivity index (χ2n) is 22.2. The van der Waals surface area contributed by atoms with Crippen molar-refractivity contribution in [1.82, 2.24) is 0 Å². The molecule has 0 spiro atoms. The first-order valence-corrected chi connectivity index (χ1v) is 28.2. The lowest BCUT2D eigenvalue weighted by atomic mass is 9.44. The first-order chi connectivity index (χ1) is 33.9. The lowest BCUT2D eigenvalue weighted by Gasteiger charge is -2.62. The van der Waals surface area contributed by atoms with E-state index in [4.69, 9.17) is 18.9 Å². The van der Waals surface area contributed by atoms with Gasteiger partial charge in [-0.3, -0.25) is 28.8 Å². The standard InChI is InChI=1S/C58H93FO12/c1-8-12-16-23-26-44(69-52(64)29-20-13-9-2)38-48(71-54(66)31-22-15-11-4)47(70-53(65)30-21-14-10-3)27-24-18-17-19-25-28-51(63)68-40-50(62)58(67)41(5)36-46-45-33-32-42-37-43(60)34-35-55(42,6)57(45,59)49(61)39-56(46,58)7/h34-35,37,41,44-49,61,67H,8-33,36,38-40H2,1-7H3/t41-,44-,45+,46+,47-,48-,49+,55+,56+,57+,58+/m1/s1. The summed E-state index contributed by atoms with van der Waals surface area (Å²) in [6.45, 7) is 13.0. The molecule has 0 unspecified atom stereocenters. The Bertz CT molecular complexity index is 1810. The Morgan fingerprint density at radius 2 is 1.20 bits per heavy atom. The molecule has 12 nitrogen and oxygen atoms in total. The molecule has 2 N–H and O–H groups in total. The number of ketones is 2. The summed E-state index contributed by atoms with van der Waals surface area (Å²) in [7, 11) is 0. The van der Waals surface area contributed by atoms with E-state index >= 15 is 4.39 Å². The SMILES string of the molecule is CCCCCC[C@H](C[C@@H](OC(=O)CCCCC)[C@@H](CCCCCCCC(=O)OCC(=O)[C@@]1(O)[C@H](C)C[C@H]2[C@@H]3CCC4=CC(=O)C=C[C@]4(C)[C@@]3(F)[C@@H](O)C[C@@]21C)OC(=O)CCCCC)OC(=O)CCCCC. The Labute approximate surface area is 425 Å². The highest BCUT2D eigenvalue weighted by atomic mass is 19.1. The summed E-state index contributed by atoms with van der Waals surface area (Å²) in [5, 5.41) is 24.0. The van der Waals surface area contributed by atoms with Crippen LogP contribution >= 0.6 is 0 Å². The van der Waals surface area contributed by atoms with E-state index in [1.807, 2.05) is 0 Å². The van der Waals surface area contributed by atoms with Gasteiger partial charge in [-0.05, 0) is 108 Å². The number of aliphatic hydroxyl groups is 2. The van der Waals surface area contributed by atoms with Crippen LogP contribution in [0, 0.1) is 28.6 Å². The van der Waals surface area contributed by atoms with Gasteiger partial charge in [0.05, 0.1) is 6.10 Å². The van der Waals surface area contributed by atoms with Crippen molar-refractivity contribution in [3.63, 3.8) is 0 Å². The highest BCUT2D eigenvalue weighted by Gasteiger charge is 2.75. The molecule has 4 aliphatic rings. The fourth-order valence-electron chi connectivity index (χ4n) is 12.8. The Morgan fingerprint density at radius 1 is 0.690 bits per heavy atom. The summed E-state index contributed by atoms with van der Waals surface area (Å²) in [6, 6.07) is 0. The quantitative estimate of drug-likeness (QED) is 0.0354. The third-order valence-corrected chi connectivity index (χ3v) is 17.0. The van der Waals surface area contributed by atoms with Crippen LogP contribution in [0.1, 0.15) is 235 Å². The van der Waals surface area contributed by atoms with Crippen molar-refractivity contribution in [3.8, 4) is 0 Å². The predicted octanol–water partition coefficient (Wildman–Crippen LogP) is 12.0. The molecule has 11 atom stereocenters. The molecule has 0 heterocycles. The van der Waals surface area contributed by atoms with E-state index in [0.717, 1.165) is 83.5 Å². The van der Waals surface area contributed by atoms with E-state index in [1.54, 1.807) is 26.8 Å². The third kappa shape index (κ3) is 15.3. The minimum Gasteiger partial charge on any atom is -0.462 e. The number of carbonyl (C=O) groups is 6. The number of halogens is 1. The number of fused-ring (bicyclic) bond motifs is 5. The Morgan fingerprint density at radius 3 is 1.82 bits per heavy atom. The second-order valence-corrected chi connectivity index (χ2v) is 22.2. The fraction of sp³-hybridized carbons (Fsp3) is 0.828. The molecule has 3 saturated carbocycles. The van der Waals surface area contributed by atoms with E-state index in [2.05, 4.69) is 27.7 Å². The Balaban J connectivity index is 1.34. The van der Waals surface area contributed by atoms with Crippen LogP contribution < -0.4 is 0 Å². The molecule has 0 radical (unpaired) electrons. The molecule has 3 fully saturated rings. The molecular formula is C58H93FO12. The molecule has 0 saturated heterocycles. The van der Waals surface area contributed by atoms with Crippen molar-refractivity contribution >= 4 is 35.4 Å². The van der Waals surface area contributed by atoms with Gasteiger partial charge in [-0.25, -0.2) is 4.39 Å². The highest BCUT2D eigenvalue weighted by Crippen LogP contribution is 2.70. The van der Waals surface area contributed by atoms with Gasteiger partial charge in [-0.2, -0.15) is 0 Å². The smallest absolute Gasteiger partial charge is 0.306 e. The van der Waals surface area contributed by atoms with E-state index in [9.17, 15) is 39.0 Å². The molecule has 0 aromatic rings. The van der Waals surface area contributed by atoms with E-state index in [1.165, 1.54) is 12.2 Å². The van der Waals surface area contributed by atoms with Crippen molar-refractivity contribution < 1.29 is 62.3 Å². The normalized spacial score (nSPS) is 28.9. The summed E-state index contributed by atoms with van der Waals surface area (Å²) in [5.74, 6) is -4.01. The predicted molar refractivity (Wildman–Crippen MR) is 272 cm³/mol. The zero-order valence-electron chi connectivity index (χ0n) is 44.8. The number of allylic oxidation sites excluding steroid dienone is 4. The van der Waals surface area contributed by atoms with Crippen LogP contribution in [0.2, 0.25) is 0 Å². The number of rotatable bonds is 34. The summed E-state index contributed by atoms with van der Waals surface area (Å²) in [5.41, 5.74) is -5.73. The highest BCUT2D eigenvalue weighted by molar-refractivity contribution is 6.01. The average Bonchev–Trinajstić information content (AvgIpc) is 3.53. The average molecular weight is 1000 g/mol. The lowest BCUT2D eigenvalue weighted by molar-refractivity contribution is -0.220. The molecule has 4 rings (SSSR count). The van der Waals surface area contributed by atoms with Crippen molar-refractivity contribution in [2.75, 3.05) is 6.61 Å². The van der Waals surface area contributed by atoms with Gasteiger partial charge < -0.3 is 29.2 Å². The number of unbranched alkanes of at least 4 members (excludes halogenated alkanes) is 13. The van der Waals surface area contributed by atoms with Crippen LogP contribution in [0.25, 0.3) is 0 Å². The van der Waals surface area contributed by atoms with Gasteiger partial charge in [0.25, 0.3) is 0 Å². The van der Waals surface area contributed by atoms with Crippen LogP contribution in [0.15, 0.2) is 23.8 Å². The first-order valence-electron chi connectivity index (χ1n) is 28.2.